The molecule has 0 saturated carbocycles. The summed E-state index contributed by atoms with van der Waals surface area (Å²) in [5.41, 5.74) is 2.48. The lowest BCUT2D eigenvalue weighted by Crippen LogP contribution is -2.35. The molecule has 0 bridgehead atoms. The van der Waals surface area contributed by atoms with E-state index in [-0.39, 0.29) is 10.8 Å². The lowest BCUT2D eigenvalue weighted by atomic mass is 10.2. The summed E-state index contributed by atoms with van der Waals surface area (Å²) in [6.07, 6.45) is 1.61. The summed E-state index contributed by atoms with van der Waals surface area (Å²) in [5, 5.41) is 3.91. The summed E-state index contributed by atoms with van der Waals surface area (Å²) in [6, 6.07) is 10.1. The highest BCUT2D eigenvalue weighted by Gasteiger charge is 2.27. The van der Waals surface area contributed by atoms with Crippen molar-refractivity contribution in [2.45, 2.75) is 46.1 Å². The molecule has 0 aliphatic heterocycles. The van der Waals surface area contributed by atoms with Gasteiger partial charge in [0.15, 0.2) is 0 Å². The van der Waals surface area contributed by atoms with Gasteiger partial charge in [-0.3, -0.25) is 0 Å². The van der Waals surface area contributed by atoms with E-state index >= 15 is 0 Å². The van der Waals surface area contributed by atoms with Gasteiger partial charge in [0.2, 0.25) is 0 Å². The third kappa shape index (κ3) is 4.64. The molecule has 3 rings (SSSR count). The Labute approximate surface area is 177 Å². The summed E-state index contributed by atoms with van der Waals surface area (Å²) in [7, 11) is -3.77. The molecule has 2 aromatic heterocycles. The van der Waals surface area contributed by atoms with Gasteiger partial charge in [0.05, 0.1) is 16.2 Å². The van der Waals surface area contributed by atoms with Crippen LogP contribution in [-0.4, -0.2) is 25.1 Å². The fourth-order valence-electron chi connectivity index (χ4n) is 3.07. The van der Waals surface area contributed by atoms with Crippen LogP contribution in [0, 0.1) is 26.7 Å². The first-order valence-electron chi connectivity index (χ1n) is 9.79. The van der Waals surface area contributed by atoms with Crippen LogP contribution >= 0.6 is 0 Å². The molecule has 1 aromatic carbocycles. The summed E-state index contributed by atoms with van der Waals surface area (Å²) in [6.45, 7) is 10.1. The van der Waals surface area contributed by atoms with Crippen molar-refractivity contribution in [2.24, 2.45) is 5.92 Å². The van der Waals surface area contributed by atoms with Crippen LogP contribution in [0.5, 0.6) is 5.75 Å². The van der Waals surface area contributed by atoms with Gasteiger partial charge in [0.1, 0.15) is 23.9 Å². The van der Waals surface area contributed by atoms with Gasteiger partial charge < -0.3 is 9.26 Å². The molecule has 0 amide bonds. The molecule has 0 fully saturated rings. The quantitative estimate of drug-likeness (QED) is 0.527. The third-order valence-corrected chi connectivity index (χ3v) is 6.50. The van der Waals surface area contributed by atoms with Crippen molar-refractivity contribution in [3.8, 4) is 5.75 Å². The van der Waals surface area contributed by atoms with Crippen LogP contribution in [0.25, 0.3) is 0 Å². The molecule has 0 saturated heterocycles. The van der Waals surface area contributed by atoms with Crippen molar-refractivity contribution in [3.63, 3.8) is 0 Å². The van der Waals surface area contributed by atoms with Gasteiger partial charge in [-0.25, -0.2) is 17.7 Å². The molecule has 7 nitrogen and oxygen atoms in total. The standard InChI is InChI=1S/C22H27N3O4S/c1-15(2)13-25(22-16(3)7-6-12-23-22)30(26,27)20-10-8-19(9-11-20)28-14-21-17(4)24-29-18(21)5/h6-12,15H,13-14H2,1-5H3. The maximum atomic E-state index is 13.4. The average Bonchev–Trinajstić information content (AvgIpc) is 3.03. The fourth-order valence-corrected chi connectivity index (χ4v) is 4.71. The molecular weight excluding hydrogens is 402 g/mol. The van der Waals surface area contributed by atoms with E-state index in [4.69, 9.17) is 9.26 Å². The van der Waals surface area contributed by atoms with Crippen LogP contribution in [0.4, 0.5) is 5.82 Å². The Morgan fingerprint density at radius 2 is 1.80 bits per heavy atom. The normalized spacial score (nSPS) is 11.7. The average molecular weight is 430 g/mol. The van der Waals surface area contributed by atoms with E-state index in [9.17, 15) is 8.42 Å². The Morgan fingerprint density at radius 3 is 2.37 bits per heavy atom. The Balaban J connectivity index is 1.84. The van der Waals surface area contributed by atoms with E-state index in [1.165, 1.54) is 4.31 Å². The minimum atomic E-state index is -3.77. The first-order chi connectivity index (χ1) is 14.2. The van der Waals surface area contributed by atoms with Crippen LogP contribution in [0.2, 0.25) is 0 Å². The maximum absolute atomic E-state index is 13.4. The minimum Gasteiger partial charge on any atom is -0.489 e. The number of ether oxygens (including phenoxy) is 1. The minimum absolute atomic E-state index is 0.138. The number of aryl methyl sites for hydroxylation is 3. The molecule has 8 heteroatoms. The lowest BCUT2D eigenvalue weighted by molar-refractivity contribution is 0.301. The predicted octanol–water partition coefficient (Wildman–Crippen LogP) is 4.43. The van der Waals surface area contributed by atoms with Crippen molar-refractivity contribution in [1.29, 1.82) is 0 Å². The van der Waals surface area contributed by atoms with E-state index in [1.807, 2.05) is 40.7 Å². The topological polar surface area (TPSA) is 85.5 Å². The molecule has 0 aliphatic carbocycles. The predicted molar refractivity (Wildman–Crippen MR) is 115 cm³/mol. The summed E-state index contributed by atoms with van der Waals surface area (Å²) < 4.78 is 39.1. The molecule has 2 heterocycles. The first kappa shape index (κ1) is 21.8. The summed E-state index contributed by atoms with van der Waals surface area (Å²) in [5.74, 6) is 1.86. The summed E-state index contributed by atoms with van der Waals surface area (Å²) in [4.78, 5) is 4.52. The second-order valence-corrected chi connectivity index (χ2v) is 9.50. The van der Waals surface area contributed by atoms with Gasteiger partial charge in [-0.2, -0.15) is 0 Å². The molecular formula is C22H27N3O4S. The first-order valence-corrected chi connectivity index (χ1v) is 11.2. The second kappa shape index (κ2) is 8.87. The van der Waals surface area contributed by atoms with Crippen LogP contribution < -0.4 is 9.04 Å². The Bertz CT molecular complexity index is 1090. The second-order valence-electron chi connectivity index (χ2n) is 7.64. The highest BCUT2D eigenvalue weighted by molar-refractivity contribution is 7.92. The zero-order valence-electron chi connectivity index (χ0n) is 17.9. The van der Waals surface area contributed by atoms with Gasteiger partial charge in [-0.05, 0) is 62.6 Å². The third-order valence-electron chi connectivity index (χ3n) is 4.73. The van der Waals surface area contributed by atoms with E-state index in [1.54, 1.807) is 36.5 Å². The highest BCUT2D eigenvalue weighted by Crippen LogP contribution is 2.27. The number of nitrogens with zero attached hydrogens (tertiary/aromatic N) is 3. The number of hydrogen-bond acceptors (Lipinski definition) is 6. The van der Waals surface area contributed by atoms with Gasteiger partial charge in [-0.15, -0.1) is 0 Å². The van der Waals surface area contributed by atoms with Crippen molar-refractivity contribution < 1.29 is 17.7 Å². The largest absolute Gasteiger partial charge is 0.489 e. The number of hydrogen-bond donors (Lipinski definition) is 0. The van der Waals surface area contributed by atoms with Crippen LogP contribution in [0.15, 0.2) is 52.0 Å². The van der Waals surface area contributed by atoms with Gasteiger partial charge in [0, 0.05) is 12.7 Å². The Morgan fingerprint density at radius 1 is 1.10 bits per heavy atom. The van der Waals surface area contributed by atoms with Crippen molar-refractivity contribution in [2.75, 3.05) is 10.8 Å². The molecule has 160 valence electrons. The smallest absolute Gasteiger partial charge is 0.265 e. The number of rotatable bonds is 8. The molecule has 0 atom stereocenters. The van der Waals surface area contributed by atoms with Crippen LogP contribution in [-0.2, 0) is 16.6 Å². The number of sulfonamides is 1. The zero-order valence-corrected chi connectivity index (χ0v) is 18.7. The molecule has 0 unspecified atom stereocenters. The number of aromatic nitrogens is 2. The van der Waals surface area contributed by atoms with E-state index in [0.717, 1.165) is 16.8 Å². The van der Waals surface area contributed by atoms with Gasteiger partial charge >= 0.3 is 0 Å². The van der Waals surface area contributed by atoms with E-state index in [2.05, 4.69) is 10.1 Å². The highest BCUT2D eigenvalue weighted by atomic mass is 32.2. The van der Waals surface area contributed by atoms with E-state index in [0.29, 0.717) is 30.5 Å². The van der Waals surface area contributed by atoms with Crippen molar-refractivity contribution >= 4 is 15.8 Å². The lowest BCUT2D eigenvalue weighted by Gasteiger charge is -2.26. The number of anilines is 1. The summed E-state index contributed by atoms with van der Waals surface area (Å²) >= 11 is 0. The van der Waals surface area contributed by atoms with Crippen LogP contribution in [0.3, 0.4) is 0 Å². The molecule has 0 spiro atoms. The Kier molecular flexibility index (Phi) is 6.45. The molecule has 0 aliphatic rings. The van der Waals surface area contributed by atoms with Crippen LogP contribution in [0.1, 0.15) is 36.4 Å². The van der Waals surface area contributed by atoms with Gasteiger partial charge in [-0.1, -0.05) is 25.1 Å². The molecule has 30 heavy (non-hydrogen) atoms. The molecule has 0 N–H and O–H groups in total. The van der Waals surface area contributed by atoms with Crippen molar-refractivity contribution in [3.05, 3.63) is 65.2 Å². The number of benzene rings is 1. The maximum Gasteiger partial charge on any atom is 0.265 e. The Hall–Kier alpha value is -2.87. The molecule has 3 aromatic rings. The zero-order chi connectivity index (χ0) is 21.9. The number of pyridine rings is 1. The van der Waals surface area contributed by atoms with Gasteiger partial charge in [0.25, 0.3) is 10.0 Å². The monoisotopic (exact) mass is 429 g/mol. The fraction of sp³-hybridized carbons (Fsp3) is 0.364. The SMILES string of the molecule is Cc1cccnc1N(CC(C)C)S(=O)(=O)c1ccc(OCc2c(C)noc2C)cc1. The van der Waals surface area contributed by atoms with Crippen molar-refractivity contribution in [1.82, 2.24) is 10.1 Å². The van der Waals surface area contributed by atoms with E-state index < -0.39 is 10.0 Å². The molecule has 0 radical (unpaired) electrons.